The molecule has 0 aliphatic rings. The summed E-state index contributed by atoms with van der Waals surface area (Å²) in [6.07, 6.45) is 0.871. The molecule has 1 atom stereocenters. The van der Waals surface area contributed by atoms with Gasteiger partial charge in [-0.15, -0.1) is 11.8 Å². The third kappa shape index (κ3) is 4.35. The van der Waals surface area contributed by atoms with Crippen molar-refractivity contribution in [1.82, 2.24) is 5.43 Å². The number of nitrogens with two attached hydrogens (primary N) is 1. The highest BCUT2D eigenvalue weighted by Gasteiger charge is 2.10. The summed E-state index contributed by atoms with van der Waals surface area (Å²) >= 11 is 5.35. The van der Waals surface area contributed by atoms with Crippen molar-refractivity contribution in [2.45, 2.75) is 24.3 Å². The van der Waals surface area contributed by atoms with Crippen molar-refractivity contribution in [3.05, 3.63) is 64.1 Å². The molecule has 0 saturated heterocycles. The van der Waals surface area contributed by atoms with Crippen molar-refractivity contribution in [3.63, 3.8) is 0 Å². The van der Waals surface area contributed by atoms with Gasteiger partial charge in [0.1, 0.15) is 0 Å². The van der Waals surface area contributed by atoms with Gasteiger partial charge in [-0.2, -0.15) is 0 Å². The molecular weight excluding hydrogens is 332 g/mol. The Kier molecular flexibility index (Phi) is 6.10. The molecule has 2 nitrogen and oxygen atoms in total. The lowest BCUT2D eigenvalue weighted by atomic mass is 9.99. The minimum atomic E-state index is 0.130. The summed E-state index contributed by atoms with van der Waals surface area (Å²) in [4.78, 5) is 1.30. The first-order chi connectivity index (χ1) is 9.72. The molecule has 106 valence electrons. The molecule has 0 radical (unpaired) electrons. The van der Waals surface area contributed by atoms with Crippen molar-refractivity contribution >= 4 is 27.7 Å². The molecule has 2 aromatic carbocycles. The summed E-state index contributed by atoms with van der Waals surface area (Å²) < 4.78 is 1.10. The van der Waals surface area contributed by atoms with Crippen LogP contribution in [0.3, 0.4) is 0 Å². The standard InChI is InChI=1S/C16H19BrN2S/c1-2-20-15-8-6-13(7-9-15)16(19-18)11-12-4-3-5-14(17)10-12/h3-10,16,19H,2,11,18H2,1H3. The molecule has 2 aromatic rings. The van der Waals surface area contributed by atoms with Crippen molar-refractivity contribution in [2.24, 2.45) is 5.84 Å². The van der Waals surface area contributed by atoms with Crippen LogP contribution < -0.4 is 11.3 Å². The fourth-order valence-corrected chi connectivity index (χ4v) is 3.24. The zero-order valence-corrected chi connectivity index (χ0v) is 13.9. The van der Waals surface area contributed by atoms with Crippen LogP contribution in [0.25, 0.3) is 0 Å². The molecule has 0 spiro atoms. The lowest BCUT2D eigenvalue weighted by Crippen LogP contribution is -2.29. The van der Waals surface area contributed by atoms with Crippen LogP contribution in [0.5, 0.6) is 0 Å². The van der Waals surface area contributed by atoms with E-state index in [9.17, 15) is 0 Å². The molecule has 20 heavy (non-hydrogen) atoms. The molecule has 0 aromatic heterocycles. The highest BCUT2D eigenvalue weighted by Crippen LogP contribution is 2.23. The molecule has 0 fully saturated rings. The zero-order chi connectivity index (χ0) is 14.4. The second-order valence-corrected chi connectivity index (χ2v) is 6.81. The van der Waals surface area contributed by atoms with Crippen molar-refractivity contribution in [2.75, 3.05) is 5.75 Å². The second kappa shape index (κ2) is 7.84. The van der Waals surface area contributed by atoms with E-state index in [0.29, 0.717) is 0 Å². The van der Waals surface area contributed by atoms with Gasteiger partial charge in [0.05, 0.1) is 0 Å². The molecule has 0 aliphatic carbocycles. The Hall–Kier alpha value is -0.810. The van der Waals surface area contributed by atoms with E-state index in [0.717, 1.165) is 16.6 Å². The molecule has 0 saturated carbocycles. The molecule has 3 N–H and O–H groups in total. The SMILES string of the molecule is CCSc1ccc(C(Cc2cccc(Br)c2)NN)cc1. The van der Waals surface area contributed by atoms with Crippen LogP contribution in [0.1, 0.15) is 24.1 Å². The van der Waals surface area contributed by atoms with Crippen molar-refractivity contribution in [1.29, 1.82) is 0 Å². The first kappa shape index (κ1) is 15.6. The van der Waals surface area contributed by atoms with E-state index in [1.165, 1.54) is 16.0 Å². The van der Waals surface area contributed by atoms with Gasteiger partial charge in [-0.3, -0.25) is 11.3 Å². The largest absolute Gasteiger partial charge is 0.271 e. The van der Waals surface area contributed by atoms with Crippen LogP contribution in [0.4, 0.5) is 0 Å². The van der Waals surface area contributed by atoms with E-state index < -0.39 is 0 Å². The Morgan fingerprint density at radius 3 is 2.55 bits per heavy atom. The molecular formula is C16H19BrN2S. The minimum Gasteiger partial charge on any atom is -0.271 e. The summed E-state index contributed by atoms with van der Waals surface area (Å²) in [5.74, 6) is 6.81. The Morgan fingerprint density at radius 2 is 1.95 bits per heavy atom. The van der Waals surface area contributed by atoms with Gasteiger partial charge in [-0.1, -0.05) is 47.1 Å². The Labute approximate surface area is 133 Å². The first-order valence-electron chi connectivity index (χ1n) is 6.66. The van der Waals surface area contributed by atoms with Gasteiger partial charge in [0.25, 0.3) is 0 Å². The van der Waals surface area contributed by atoms with E-state index in [1.54, 1.807) is 0 Å². The van der Waals surface area contributed by atoms with Gasteiger partial charge in [-0.25, -0.2) is 0 Å². The quantitative estimate of drug-likeness (QED) is 0.463. The molecule has 0 heterocycles. The maximum atomic E-state index is 5.72. The summed E-state index contributed by atoms with van der Waals surface area (Å²) in [6.45, 7) is 2.16. The van der Waals surface area contributed by atoms with Crippen LogP contribution in [0.2, 0.25) is 0 Å². The smallest absolute Gasteiger partial charge is 0.0500 e. The maximum Gasteiger partial charge on any atom is 0.0500 e. The average molecular weight is 351 g/mol. The van der Waals surface area contributed by atoms with Gasteiger partial charge < -0.3 is 0 Å². The van der Waals surface area contributed by atoms with Gasteiger partial charge in [-0.05, 0) is 47.6 Å². The van der Waals surface area contributed by atoms with E-state index >= 15 is 0 Å². The zero-order valence-electron chi connectivity index (χ0n) is 11.5. The normalized spacial score (nSPS) is 12.3. The van der Waals surface area contributed by atoms with E-state index in [1.807, 2.05) is 23.9 Å². The highest BCUT2D eigenvalue weighted by molar-refractivity contribution is 9.10. The predicted molar refractivity (Wildman–Crippen MR) is 90.8 cm³/mol. The number of rotatable bonds is 6. The monoisotopic (exact) mass is 350 g/mol. The molecule has 2 rings (SSSR count). The van der Waals surface area contributed by atoms with Crippen LogP contribution in [-0.4, -0.2) is 5.75 Å². The van der Waals surface area contributed by atoms with Gasteiger partial charge in [0.15, 0.2) is 0 Å². The Bertz CT molecular complexity index is 542. The maximum absolute atomic E-state index is 5.72. The summed E-state index contributed by atoms with van der Waals surface area (Å²) in [7, 11) is 0. The molecule has 1 unspecified atom stereocenters. The number of hydrazine groups is 1. The number of hydrogen-bond donors (Lipinski definition) is 2. The Morgan fingerprint density at radius 1 is 1.20 bits per heavy atom. The molecule has 0 aliphatic heterocycles. The highest BCUT2D eigenvalue weighted by atomic mass is 79.9. The van der Waals surface area contributed by atoms with Gasteiger partial charge in [0, 0.05) is 15.4 Å². The fourth-order valence-electron chi connectivity index (χ4n) is 2.14. The minimum absolute atomic E-state index is 0.130. The summed E-state index contributed by atoms with van der Waals surface area (Å²) in [6, 6.07) is 17.1. The van der Waals surface area contributed by atoms with E-state index in [-0.39, 0.29) is 6.04 Å². The number of thioether (sulfide) groups is 1. The third-order valence-electron chi connectivity index (χ3n) is 3.12. The van der Waals surface area contributed by atoms with Crippen molar-refractivity contribution < 1.29 is 0 Å². The molecule has 4 heteroatoms. The number of benzene rings is 2. The average Bonchev–Trinajstić information content (AvgIpc) is 2.46. The molecule has 0 amide bonds. The fraction of sp³-hybridized carbons (Fsp3) is 0.250. The van der Waals surface area contributed by atoms with Crippen LogP contribution in [-0.2, 0) is 6.42 Å². The van der Waals surface area contributed by atoms with Gasteiger partial charge in [0.2, 0.25) is 0 Å². The lowest BCUT2D eigenvalue weighted by Gasteiger charge is -2.17. The first-order valence-corrected chi connectivity index (χ1v) is 8.44. The van der Waals surface area contributed by atoms with Crippen LogP contribution in [0.15, 0.2) is 57.9 Å². The van der Waals surface area contributed by atoms with Gasteiger partial charge >= 0.3 is 0 Å². The third-order valence-corrected chi connectivity index (χ3v) is 4.51. The van der Waals surface area contributed by atoms with E-state index in [4.69, 9.17) is 5.84 Å². The van der Waals surface area contributed by atoms with Crippen LogP contribution in [0, 0.1) is 0 Å². The van der Waals surface area contributed by atoms with Crippen molar-refractivity contribution in [3.8, 4) is 0 Å². The number of hydrogen-bond acceptors (Lipinski definition) is 3. The van der Waals surface area contributed by atoms with Crippen LogP contribution >= 0.6 is 27.7 Å². The molecule has 0 bridgehead atoms. The van der Waals surface area contributed by atoms with E-state index in [2.05, 4.69) is 64.7 Å². The topological polar surface area (TPSA) is 38.0 Å². The summed E-state index contributed by atoms with van der Waals surface area (Å²) in [5.41, 5.74) is 5.39. The second-order valence-electron chi connectivity index (χ2n) is 4.56. The lowest BCUT2D eigenvalue weighted by molar-refractivity contribution is 0.551. The Balaban J connectivity index is 2.11. The predicted octanol–water partition coefficient (Wildman–Crippen LogP) is 4.31. The number of halogens is 1. The summed E-state index contributed by atoms with van der Waals surface area (Å²) in [5, 5.41) is 0. The number of nitrogens with one attached hydrogen (secondary N) is 1.